The summed E-state index contributed by atoms with van der Waals surface area (Å²) in [7, 11) is 0. The zero-order valence-electron chi connectivity index (χ0n) is 13.4. The summed E-state index contributed by atoms with van der Waals surface area (Å²) in [5, 5.41) is 9.57. The van der Waals surface area contributed by atoms with Crippen molar-refractivity contribution in [2.75, 3.05) is 13.1 Å². The number of aromatic nitrogens is 4. The number of nitrogens with zero attached hydrogens (tertiary/aromatic N) is 5. The number of rotatable bonds is 2. The van der Waals surface area contributed by atoms with E-state index in [0.717, 1.165) is 37.3 Å². The maximum Gasteiger partial charge on any atom is 0.0930 e. The third kappa shape index (κ3) is 2.30. The zero-order chi connectivity index (χ0) is 15.9. The highest BCUT2D eigenvalue weighted by atomic mass is 16.5. The molecule has 0 saturated carbocycles. The van der Waals surface area contributed by atoms with Crippen molar-refractivity contribution in [2.45, 2.75) is 31.7 Å². The summed E-state index contributed by atoms with van der Waals surface area (Å²) < 4.78 is 8.06. The smallest absolute Gasteiger partial charge is 0.0930 e. The number of ether oxygens (including phenoxy) is 1. The van der Waals surface area contributed by atoms with E-state index >= 15 is 0 Å². The molecule has 1 fully saturated rings. The normalized spacial score (nSPS) is 23.8. The summed E-state index contributed by atoms with van der Waals surface area (Å²) in [6.07, 6.45) is 4.95. The summed E-state index contributed by atoms with van der Waals surface area (Å²) in [4.78, 5) is 6.95. The van der Waals surface area contributed by atoms with E-state index in [0.29, 0.717) is 6.61 Å². The van der Waals surface area contributed by atoms with Crippen molar-refractivity contribution in [3.63, 3.8) is 0 Å². The van der Waals surface area contributed by atoms with Gasteiger partial charge in [-0.15, -0.1) is 5.10 Å². The van der Waals surface area contributed by atoms with Gasteiger partial charge in [0.05, 0.1) is 36.2 Å². The van der Waals surface area contributed by atoms with Gasteiger partial charge in [-0.05, 0) is 24.1 Å². The summed E-state index contributed by atoms with van der Waals surface area (Å²) in [6, 6.07) is 10.8. The van der Waals surface area contributed by atoms with Gasteiger partial charge in [-0.2, -0.15) is 0 Å². The first-order chi connectivity index (χ1) is 11.9. The van der Waals surface area contributed by atoms with Gasteiger partial charge in [-0.25, -0.2) is 4.68 Å². The Balaban J connectivity index is 1.41. The molecule has 24 heavy (non-hydrogen) atoms. The fraction of sp³-hybridized carbons (Fsp3) is 0.389. The molecular weight excluding hydrogens is 302 g/mol. The zero-order valence-corrected chi connectivity index (χ0v) is 13.4. The van der Waals surface area contributed by atoms with Crippen molar-refractivity contribution in [2.24, 2.45) is 0 Å². The highest BCUT2D eigenvalue weighted by Gasteiger charge is 2.36. The minimum atomic E-state index is 0.254. The van der Waals surface area contributed by atoms with E-state index in [4.69, 9.17) is 4.74 Å². The van der Waals surface area contributed by atoms with Crippen LogP contribution in [-0.4, -0.2) is 44.1 Å². The number of pyridine rings is 1. The molecule has 0 aliphatic carbocycles. The van der Waals surface area contributed by atoms with Gasteiger partial charge in [0.15, 0.2) is 0 Å². The second kappa shape index (κ2) is 5.65. The largest absolute Gasteiger partial charge is 0.370 e. The van der Waals surface area contributed by atoms with Gasteiger partial charge in [-0.1, -0.05) is 23.4 Å². The van der Waals surface area contributed by atoms with Gasteiger partial charge in [0.2, 0.25) is 0 Å². The van der Waals surface area contributed by atoms with Crippen LogP contribution in [0.4, 0.5) is 0 Å². The van der Waals surface area contributed by atoms with E-state index in [2.05, 4.69) is 49.1 Å². The molecule has 0 N–H and O–H groups in total. The van der Waals surface area contributed by atoms with Crippen molar-refractivity contribution >= 4 is 10.9 Å². The van der Waals surface area contributed by atoms with Crippen LogP contribution in [0.5, 0.6) is 0 Å². The Morgan fingerprint density at radius 3 is 3.21 bits per heavy atom. The van der Waals surface area contributed by atoms with Crippen molar-refractivity contribution in [1.29, 1.82) is 0 Å². The number of fused-ring (bicyclic) bond motifs is 4. The lowest BCUT2D eigenvalue weighted by Gasteiger charge is -2.41. The minimum absolute atomic E-state index is 0.254. The van der Waals surface area contributed by atoms with E-state index in [1.165, 1.54) is 10.9 Å². The van der Waals surface area contributed by atoms with Gasteiger partial charge < -0.3 is 4.74 Å². The number of piperidine rings is 1. The molecule has 2 aliphatic heterocycles. The monoisotopic (exact) mass is 321 g/mol. The molecule has 1 aromatic carbocycles. The molecule has 2 atom stereocenters. The average molecular weight is 321 g/mol. The maximum atomic E-state index is 6.00. The Morgan fingerprint density at radius 1 is 1.21 bits per heavy atom. The predicted molar refractivity (Wildman–Crippen MR) is 89.3 cm³/mol. The number of hydrogen-bond acceptors (Lipinski definition) is 5. The molecule has 122 valence electrons. The molecule has 6 heteroatoms. The standard InChI is InChI=1S/C18H19N5O/c1-3-13(15-4-2-7-19-16(15)5-1)10-22-8-6-18-17(11-22)23-14(12-24-18)9-20-21-23/h1-5,7,9,17-18H,6,8,10-12H2. The Kier molecular flexibility index (Phi) is 3.31. The molecule has 2 unspecified atom stereocenters. The molecule has 3 aromatic rings. The first kappa shape index (κ1) is 14.1. The SMILES string of the molecule is c1cc(CN2CCC3OCc4cnnn4C3C2)c2cccnc2c1. The van der Waals surface area contributed by atoms with Crippen LogP contribution in [0.25, 0.3) is 10.9 Å². The highest BCUT2D eigenvalue weighted by molar-refractivity contribution is 5.81. The Morgan fingerprint density at radius 2 is 2.21 bits per heavy atom. The Hall–Kier alpha value is -2.31. The molecular formula is C18H19N5O. The van der Waals surface area contributed by atoms with Crippen LogP contribution in [0.1, 0.15) is 23.7 Å². The third-order valence-electron chi connectivity index (χ3n) is 5.14. The van der Waals surface area contributed by atoms with E-state index in [1.54, 1.807) is 0 Å². The summed E-state index contributed by atoms with van der Waals surface area (Å²) in [6.45, 7) is 3.54. The van der Waals surface area contributed by atoms with Crippen molar-refractivity contribution in [3.05, 3.63) is 54.0 Å². The molecule has 2 aliphatic rings. The molecule has 5 rings (SSSR count). The van der Waals surface area contributed by atoms with Crippen LogP contribution in [0, 0.1) is 0 Å². The van der Waals surface area contributed by atoms with Crippen molar-refractivity contribution < 1.29 is 4.74 Å². The van der Waals surface area contributed by atoms with Gasteiger partial charge in [-0.3, -0.25) is 9.88 Å². The minimum Gasteiger partial charge on any atom is -0.370 e. The second-order valence-corrected chi connectivity index (χ2v) is 6.60. The highest BCUT2D eigenvalue weighted by Crippen LogP contribution is 2.31. The molecule has 0 bridgehead atoms. The lowest BCUT2D eigenvalue weighted by molar-refractivity contribution is -0.0669. The van der Waals surface area contributed by atoms with E-state index in [1.807, 2.05) is 18.5 Å². The van der Waals surface area contributed by atoms with Crippen molar-refractivity contribution in [3.8, 4) is 0 Å². The molecule has 4 heterocycles. The molecule has 0 spiro atoms. The Labute approximate surface area is 140 Å². The van der Waals surface area contributed by atoms with Crippen LogP contribution >= 0.6 is 0 Å². The van der Waals surface area contributed by atoms with Crippen LogP contribution in [0.2, 0.25) is 0 Å². The lowest BCUT2D eigenvalue weighted by atomic mass is 9.99. The molecule has 0 amide bonds. The van der Waals surface area contributed by atoms with Gasteiger partial charge in [0.1, 0.15) is 0 Å². The number of hydrogen-bond donors (Lipinski definition) is 0. The molecule has 0 radical (unpaired) electrons. The topological polar surface area (TPSA) is 56.1 Å². The van der Waals surface area contributed by atoms with E-state index < -0.39 is 0 Å². The van der Waals surface area contributed by atoms with Gasteiger partial charge >= 0.3 is 0 Å². The third-order valence-corrected chi connectivity index (χ3v) is 5.14. The maximum absolute atomic E-state index is 6.00. The van der Waals surface area contributed by atoms with Gasteiger partial charge in [0.25, 0.3) is 0 Å². The fourth-order valence-electron chi connectivity index (χ4n) is 3.93. The van der Waals surface area contributed by atoms with Gasteiger partial charge in [0, 0.05) is 31.2 Å². The molecule has 6 nitrogen and oxygen atoms in total. The molecule has 1 saturated heterocycles. The first-order valence-corrected chi connectivity index (χ1v) is 8.44. The van der Waals surface area contributed by atoms with E-state index in [9.17, 15) is 0 Å². The predicted octanol–water partition coefficient (Wildman–Crippen LogP) is 2.17. The number of benzene rings is 1. The Bertz CT molecular complexity index is 871. The van der Waals surface area contributed by atoms with Crippen LogP contribution in [-0.2, 0) is 17.9 Å². The van der Waals surface area contributed by atoms with Crippen LogP contribution in [0.3, 0.4) is 0 Å². The van der Waals surface area contributed by atoms with Crippen LogP contribution in [0.15, 0.2) is 42.7 Å². The summed E-state index contributed by atoms with van der Waals surface area (Å²) in [5.74, 6) is 0. The van der Waals surface area contributed by atoms with E-state index in [-0.39, 0.29) is 12.1 Å². The average Bonchev–Trinajstić information content (AvgIpc) is 3.11. The number of likely N-dealkylation sites (tertiary alicyclic amines) is 1. The van der Waals surface area contributed by atoms with Crippen molar-refractivity contribution in [1.82, 2.24) is 24.9 Å². The summed E-state index contributed by atoms with van der Waals surface area (Å²) >= 11 is 0. The van der Waals surface area contributed by atoms with Crippen LogP contribution < -0.4 is 0 Å². The lowest BCUT2D eigenvalue weighted by Crippen LogP contribution is -2.47. The first-order valence-electron chi connectivity index (χ1n) is 8.44. The second-order valence-electron chi connectivity index (χ2n) is 6.60. The molecule has 2 aromatic heterocycles. The quantitative estimate of drug-likeness (QED) is 0.724. The summed E-state index contributed by atoms with van der Waals surface area (Å²) in [5.41, 5.74) is 3.46. The fourth-order valence-corrected chi connectivity index (χ4v) is 3.93.